The van der Waals surface area contributed by atoms with E-state index in [2.05, 4.69) is 39.6 Å². The Labute approximate surface area is 116 Å². The first-order chi connectivity index (χ1) is 8.67. The minimum Gasteiger partial charge on any atom is -0.306 e. The molecule has 0 heterocycles. The number of hydrogen-bond donors (Lipinski definition) is 0. The van der Waals surface area contributed by atoms with Crippen LogP contribution in [0.5, 0.6) is 0 Å². The van der Waals surface area contributed by atoms with Gasteiger partial charge in [0.2, 0.25) is 0 Å². The molecule has 1 heteroatoms. The van der Waals surface area contributed by atoms with Gasteiger partial charge >= 0.3 is 0 Å². The molecule has 110 valence electrons. The molecule has 18 heavy (non-hydrogen) atoms. The summed E-state index contributed by atoms with van der Waals surface area (Å²) in [7, 11) is 2.32. The van der Waals surface area contributed by atoms with E-state index in [0.717, 1.165) is 11.8 Å². The fourth-order valence-electron chi connectivity index (χ4n) is 3.04. The quantitative estimate of drug-likeness (QED) is 0.454. The molecule has 1 unspecified atom stereocenters. The molecule has 0 N–H and O–H groups in total. The van der Waals surface area contributed by atoms with Gasteiger partial charge in [-0.1, -0.05) is 59.8 Å². The maximum Gasteiger partial charge on any atom is 0.000660 e. The summed E-state index contributed by atoms with van der Waals surface area (Å²) in [6.45, 7) is 11.9. The van der Waals surface area contributed by atoms with Gasteiger partial charge in [-0.2, -0.15) is 0 Å². The van der Waals surface area contributed by atoms with Crippen LogP contribution in [0.3, 0.4) is 0 Å². The van der Waals surface area contributed by atoms with Crippen LogP contribution in [0.4, 0.5) is 0 Å². The zero-order valence-corrected chi connectivity index (χ0v) is 13.7. The molecular weight excluding hydrogens is 218 g/mol. The van der Waals surface area contributed by atoms with Crippen molar-refractivity contribution in [2.45, 2.75) is 79.1 Å². The number of rotatable bonds is 12. The molecule has 0 aromatic carbocycles. The SMILES string of the molecule is CCCC(CC)CCN(C)CC(CCC)CCC. The molecule has 0 aliphatic rings. The van der Waals surface area contributed by atoms with Crippen molar-refractivity contribution in [2.75, 3.05) is 20.1 Å². The average molecular weight is 255 g/mol. The van der Waals surface area contributed by atoms with E-state index >= 15 is 0 Å². The Kier molecular flexibility index (Phi) is 12.0. The first-order valence-electron chi connectivity index (χ1n) is 8.36. The Bertz CT molecular complexity index is 161. The van der Waals surface area contributed by atoms with E-state index in [1.807, 2.05) is 0 Å². The molecule has 0 saturated carbocycles. The molecule has 0 aliphatic heterocycles. The van der Waals surface area contributed by atoms with Gasteiger partial charge in [-0.15, -0.1) is 0 Å². The topological polar surface area (TPSA) is 3.24 Å². The third kappa shape index (κ3) is 8.97. The van der Waals surface area contributed by atoms with E-state index in [9.17, 15) is 0 Å². The Morgan fingerprint density at radius 2 is 1.22 bits per heavy atom. The molecule has 0 aromatic rings. The minimum absolute atomic E-state index is 0.927. The normalized spacial score (nSPS) is 13.5. The molecular formula is C17H37N. The van der Waals surface area contributed by atoms with E-state index in [0.29, 0.717) is 0 Å². The summed E-state index contributed by atoms with van der Waals surface area (Å²) in [5.41, 5.74) is 0. The van der Waals surface area contributed by atoms with E-state index in [1.165, 1.54) is 64.5 Å². The zero-order chi connectivity index (χ0) is 13.8. The van der Waals surface area contributed by atoms with Crippen LogP contribution >= 0.6 is 0 Å². The molecule has 0 fully saturated rings. The predicted octanol–water partition coefficient (Wildman–Crippen LogP) is 5.35. The van der Waals surface area contributed by atoms with Gasteiger partial charge in [0.05, 0.1) is 0 Å². The van der Waals surface area contributed by atoms with Crippen LogP contribution in [0, 0.1) is 11.8 Å². The van der Waals surface area contributed by atoms with Crippen molar-refractivity contribution in [3.8, 4) is 0 Å². The van der Waals surface area contributed by atoms with Gasteiger partial charge in [-0.05, 0) is 44.7 Å². The van der Waals surface area contributed by atoms with Gasteiger partial charge in [0.25, 0.3) is 0 Å². The molecule has 0 amide bonds. The lowest BCUT2D eigenvalue weighted by Crippen LogP contribution is -2.28. The van der Waals surface area contributed by atoms with E-state index in [4.69, 9.17) is 0 Å². The fourth-order valence-corrected chi connectivity index (χ4v) is 3.04. The highest BCUT2D eigenvalue weighted by atomic mass is 15.1. The van der Waals surface area contributed by atoms with Crippen LogP contribution in [0.2, 0.25) is 0 Å². The molecule has 0 rings (SSSR count). The summed E-state index contributed by atoms with van der Waals surface area (Å²) >= 11 is 0. The van der Waals surface area contributed by atoms with E-state index in [-0.39, 0.29) is 0 Å². The summed E-state index contributed by atoms with van der Waals surface area (Å²) in [4.78, 5) is 2.58. The second kappa shape index (κ2) is 12.0. The lowest BCUT2D eigenvalue weighted by molar-refractivity contribution is 0.235. The van der Waals surface area contributed by atoms with Crippen molar-refractivity contribution in [1.29, 1.82) is 0 Å². The van der Waals surface area contributed by atoms with Crippen molar-refractivity contribution in [3.63, 3.8) is 0 Å². The van der Waals surface area contributed by atoms with Crippen LogP contribution in [0.1, 0.15) is 79.1 Å². The second-order valence-electron chi connectivity index (χ2n) is 6.06. The van der Waals surface area contributed by atoms with Crippen molar-refractivity contribution in [1.82, 2.24) is 4.90 Å². The first-order valence-corrected chi connectivity index (χ1v) is 8.36. The van der Waals surface area contributed by atoms with Crippen LogP contribution in [0.15, 0.2) is 0 Å². The molecule has 1 nitrogen and oxygen atoms in total. The van der Waals surface area contributed by atoms with Crippen LogP contribution in [-0.2, 0) is 0 Å². The van der Waals surface area contributed by atoms with E-state index in [1.54, 1.807) is 0 Å². The Morgan fingerprint density at radius 3 is 1.67 bits per heavy atom. The van der Waals surface area contributed by atoms with Gasteiger partial charge in [0.1, 0.15) is 0 Å². The summed E-state index contributed by atoms with van der Waals surface area (Å²) < 4.78 is 0. The van der Waals surface area contributed by atoms with Crippen molar-refractivity contribution < 1.29 is 0 Å². The lowest BCUT2D eigenvalue weighted by atomic mass is 9.95. The minimum atomic E-state index is 0.927. The third-order valence-corrected chi connectivity index (χ3v) is 4.16. The number of hydrogen-bond acceptors (Lipinski definition) is 1. The van der Waals surface area contributed by atoms with Gasteiger partial charge in [0.15, 0.2) is 0 Å². The molecule has 1 atom stereocenters. The van der Waals surface area contributed by atoms with Crippen LogP contribution in [0.25, 0.3) is 0 Å². The molecule has 0 radical (unpaired) electrons. The molecule has 0 aliphatic carbocycles. The largest absolute Gasteiger partial charge is 0.306 e. The Balaban J connectivity index is 3.87. The first kappa shape index (κ1) is 18.0. The van der Waals surface area contributed by atoms with E-state index < -0.39 is 0 Å². The predicted molar refractivity (Wildman–Crippen MR) is 84.1 cm³/mol. The maximum atomic E-state index is 2.58. The Morgan fingerprint density at radius 1 is 0.722 bits per heavy atom. The zero-order valence-electron chi connectivity index (χ0n) is 13.7. The summed E-state index contributed by atoms with van der Waals surface area (Å²) in [5.74, 6) is 1.88. The molecule has 0 bridgehead atoms. The monoisotopic (exact) mass is 255 g/mol. The fraction of sp³-hybridized carbons (Fsp3) is 1.00. The summed E-state index contributed by atoms with van der Waals surface area (Å²) in [6, 6.07) is 0. The van der Waals surface area contributed by atoms with Crippen LogP contribution < -0.4 is 0 Å². The highest BCUT2D eigenvalue weighted by Crippen LogP contribution is 2.18. The van der Waals surface area contributed by atoms with Gasteiger partial charge < -0.3 is 4.90 Å². The van der Waals surface area contributed by atoms with Crippen molar-refractivity contribution in [2.24, 2.45) is 11.8 Å². The van der Waals surface area contributed by atoms with Gasteiger partial charge in [-0.3, -0.25) is 0 Å². The third-order valence-electron chi connectivity index (χ3n) is 4.16. The number of nitrogens with zero attached hydrogens (tertiary/aromatic N) is 1. The smallest absolute Gasteiger partial charge is 0.000660 e. The summed E-state index contributed by atoms with van der Waals surface area (Å²) in [6.07, 6.45) is 11.0. The lowest BCUT2D eigenvalue weighted by Gasteiger charge is -2.25. The maximum absolute atomic E-state index is 2.58. The van der Waals surface area contributed by atoms with Gasteiger partial charge in [-0.25, -0.2) is 0 Å². The second-order valence-corrected chi connectivity index (χ2v) is 6.06. The highest BCUT2D eigenvalue weighted by molar-refractivity contribution is 4.65. The average Bonchev–Trinajstić information content (AvgIpc) is 2.35. The van der Waals surface area contributed by atoms with Gasteiger partial charge in [0, 0.05) is 6.54 Å². The molecule has 0 saturated heterocycles. The Hall–Kier alpha value is -0.0400. The standard InChI is InChI=1S/C17H37N/c1-6-10-16(9-4)13-14-18(5)15-17(11-7-2)12-8-3/h16-17H,6-15H2,1-5H3. The van der Waals surface area contributed by atoms with Crippen molar-refractivity contribution >= 4 is 0 Å². The van der Waals surface area contributed by atoms with Crippen LogP contribution in [-0.4, -0.2) is 25.0 Å². The highest BCUT2D eigenvalue weighted by Gasteiger charge is 2.12. The molecule has 0 spiro atoms. The molecule has 0 aromatic heterocycles. The van der Waals surface area contributed by atoms with Crippen molar-refractivity contribution in [3.05, 3.63) is 0 Å². The summed E-state index contributed by atoms with van der Waals surface area (Å²) in [5, 5.41) is 0.